The Balaban J connectivity index is 2.19. The van der Waals surface area contributed by atoms with Gasteiger partial charge in [-0.15, -0.1) is 0 Å². The van der Waals surface area contributed by atoms with Crippen molar-refractivity contribution in [3.63, 3.8) is 0 Å². The molecule has 0 aliphatic heterocycles. The number of aromatic nitrogens is 2. The van der Waals surface area contributed by atoms with Gasteiger partial charge in [0.25, 0.3) is 0 Å². The smallest absolute Gasteiger partial charge is 0.143 e. The summed E-state index contributed by atoms with van der Waals surface area (Å²) in [6.45, 7) is 7.13. The predicted octanol–water partition coefficient (Wildman–Crippen LogP) is 2.03. The molecule has 102 valence electrons. The highest BCUT2D eigenvalue weighted by molar-refractivity contribution is 5.77. The molecule has 0 amide bonds. The van der Waals surface area contributed by atoms with Gasteiger partial charge in [0, 0.05) is 19.0 Å². The van der Waals surface area contributed by atoms with E-state index in [1.807, 2.05) is 17.9 Å². The van der Waals surface area contributed by atoms with Gasteiger partial charge in [0.05, 0.1) is 23.9 Å². The van der Waals surface area contributed by atoms with Crippen molar-refractivity contribution >= 4 is 16.8 Å². The highest BCUT2D eigenvalue weighted by Gasteiger charge is 2.21. The van der Waals surface area contributed by atoms with Crippen LogP contribution >= 0.6 is 0 Å². The number of carbonyl (C=O) groups excluding carboxylic acids is 1. The number of fused-ring (bicyclic) bond motifs is 1. The molecule has 0 aliphatic rings. The van der Waals surface area contributed by atoms with Crippen molar-refractivity contribution in [1.29, 1.82) is 0 Å². The summed E-state index contributed by atoms with van der Waals surface area (Å²) in [7, 11) is 1.99. The molecule has 0 aliphatic carbocycles. The van der Waals surface area contributed by atoms with Crippen molar-refractivity contribution < 1.29 is 4.79 Å². The molecular formula is C15H21N3O. The first kappa shape index (κ1) is 13.7. The summed E-state index contributed by atoms with van der Waals surface area (Å²) in [5, 5.41) is 3.20. The highest BCUT2D eigenvalue weighted by atomic mass is 16.1. The fourth-order valence-corrected chi connectivity index (χ4v) is 2.21. The van der Waals surface area contributed by atoms with E-state index >= 15 is 0 Å². The zero-order valence-electron chi connectivity index (χ0n) is 12.0. The molecule has 1 heterocycles. The minimum absolute atomic E-state index is 0.0266. The summed E-state index contributed by atoms with van der Waals surface area (Å²) in [4.78, 5) is 15.4. The number of hydrogen-bond acceptors (Lipinski definition) is 3. The number of nitrogens with one attached hydrogen (secondary N) is 1. The van der Waals surface area contributed by atoms with Crippen LogP contribution in [0.4, 0.5) is 0 Å². The van der Waals surface area contributed by atoms with Gasteiger partial charge < -0.3 is 9.88 Å². The summed E-state index contributed by atoms with van der Waals surface area (Å²) < 4.78 is 2.01. The lowest BCUT2D eigenvalue weighted by Gasteiger charge is -2.25. The molecule has 2 rings (SSSR count). The molecule has 0 saturated heterocycles. The topological polar surface area (TPSA) is 46.9 Å². The second-order valence-electron chi connectivity index (χ2n) is 5.75. The molecule has 19 heavy (non-hydrogen) atoms. The number of ketones is 1. The van der Waals surface area contributed by atoms with Crippen LogP contribution in [0.3, 0.4) is 0 Å². The minimum atomic E-state index is -0.0266. The van der Waals surface area contributed by atoms with Crippen molar-refractivity contribution in [2.24, 2.45) is 7.05 Å². The fraction of sp³-hybridized carbons (Fsp3) is 0.467. The van der Waals surface area contributed by atoms with Gasteiger partial charge in [-0.3, -0.25) is 4.79 Å². The largest absolute Gasteiger partial charge is 0.334 e. The first-order valence-electron chi connectivity index (χ1n) is 6.52. The number of hydrogen-bond donors (Lipinski definition) is 1. The van der Waals surface area contributed by atoms with E-state index in [1.54, 1.807) is 6.92 Å². The molecule has 0 atom stereocenters. The molecule has 0 saturated carbocycles. The van der Waals surface area contributed by atoms with Gasteiger partial charge in [0.15, 0.2) is 0 Å². The number of benzene rings is 1. The van der Waals surface area contributed by atoms with Crippen LogP contribution < -0.4 is 5.32 Å². The third-order valence-electron chi connectivity index (χ3n) is 3.45. The van der Waals surface area contributed by atoms with Crippen molar-refractivity contribution in [3.05, 3.63) is 30.1 Å². The average molecular weight is 259 g/mol. The maximum Gasteiger partial charge on any atom is 0.143 e. The summed E-state index contributed by atoms with van der Waals surface area (Å²) in [6, 6.07) is 6.37. The third-order valence-corrected chi connectivity index (χ3v) is 3.45. The van der Waals surface area contributed by atoms with E-state index < -0.39 is 0 Å². The van der Waals surface area contributed by atoms with Gasteiger partial charge in [-0.25, -0.2) is 4.98 Å². The summed E-state index contributed by atoms with van der Waals surface area (Å²) in [5.74, 6) is 0.163. The molecule has 0 unspecified atom stereocenters. The number of aryl methyl sites for hydroxylation is 1. The van der Waals surface area contributed by atoms with Gasteiger partial charge in [-0.2, -0.15) is 0 Å². The first-order valence-corrected chi connectivity index (χ1v) is 6.52. The number of nitrogens with zero attached hydrogens (tertiary/aromatic N) is 2. The molecule has 1 aromatic heterocycles. The number of imidazole rings is 1. The van der Waals surface area contributed by atoms with Gasteiger partial charge in [0.1, 0.15) is 5.78 Å². The maximum absolute atomic E-state index is 11.0. The monoisotopic (exact) mass is 259 g/mol. The van der Waals surface area contributed by atoms with Gasteiger partial charge in [0.2, 0.25) is 0 Å². The van der Waals surface area contributed by atoms with Crippen LogP contribution in [0, 0.1) is 0 Å². The molecule has 1 N–H and O–H groups in total. The molecule has 1 aromatic carbocycles. The maximum atomic E-state index is 11.0. The standard InChI is InChI=1S/C15H21N3O/c1-11(19)8-16-9-15(2,3)12-5-6-14-13(7-12)17-10-18(14)4/h5-7,10,16H,8-9H2,1-4H3. The Hall–Kier alpha value is -1.68. The number of Topliss-reactive ketones (excluding diaryl/α,β-unsaturated/α-hetero) is 1. The van der Waals surface area contributed by atoms with Gasteiger partial charge in [-0.05, 0) is 24.6 Å². The molecule has 4 nitrogen and oxygen atoms in total. The van der Waals surface area contributed by atoms with Crippen molar-refractivity contribution in [3.8, 4) is 0 Å². The lowest BCUT2D eigenvalue weighted by Crippen LogP contribution is -2.35. The van der Waals surface area contributed by atoms with Gasteiger partial charge >= 0.3 is 0 Å². The Labute approximate surface area is 113 Å². The van der Waals surface area contributed by atoms with E-state index in [0.29, 0.717) is 6.54 Å². The zero-order chi connectivity index (χ0) is 14.0. The molecular weight excluding hydrogens is 238 g/mol. The quantitative estimate of drug-likeness (QED) is 0.893. The Morgan fingerprint density at radius 2 is 2.16 bits per heavy atom. The summed E-state index contributed by atoms with van der Waals surface area (Å²) >= 11 is 0. The molecule has 2 aromatic rings. The van der Waals surface area contributed by atoms with E-state index in [0.717, 1.165) is 17.6 Å². The molecule has 4 heteroatoms. The average Bonchev–Trinajstić information content (AvgIpc) is 2.70. The number of rotatable bonds is 5. The van der Waals surface area contributed by atoms with Crippen molar-refractivity contribution in [2.45, 2.75) is 26.2 Å². The minimum Gasteiger partial charge on any atom is -0.334 e. The van der Waals surface area contributed by atoms with E-state index in [4.69, 9.17) is 0 Å². The molecule has 0 radical (unpaired) electrons. The van der Waals surface area contributed by atoms with E-state index in [-0.39, 0.29) is 11.2 Å². The molecule has 0 fully saturated rings. The van der Waals surface area contributed by atoms with Gasteiger partial charge in [-0.1, -0.05) is 19.9 Å². The summed E-state index contributed by atoms with van der Waals surface area (Å²) in [6.07, 6.45) is 1.83. The fourth-order valence-electron chi connectivity index (χ4n) is 2.21. The third kappa shape index (κ3) is 3.01. The highest BCUT2D eigenvalue weighted by Crippen LogP contribution is 2.25. The molecule has 0 bridgehead atoms. The first-order chi connectivity index (χ1) is 8.90. The Bertz CT molecular complexity index is 598. The van der Waals surface area contributed by atoms with E-state index in [9.17, 15) is 4.79 Å². The Morgan fingerprint density at radius 1 is 1.42 bits per heavy atom. The second-order valence-corrected chi connectivity index (χ2v) is 5.75. The normalized spacial score (nSPS) is 12.0. The van der Waals surface area contributed by atoms with Crippen LogP contribution in [0.25, 0.3) is 11.0 Å². The Kier molecular flexibility index (Phi) is 3.71. The SMILES string of the molecule is CC(=O)CNCC(C)(C)c1ccc2c(c1)ncn2C. The van der Waals surface area contributed by atoms with E-state index in [1.165, 1.54) is 5.56 Å². The van der Waals surface area contributed by atoms with Crippen LogP contribution in [0.1, 0.15) is 26.3 Å². The van der Waals surface area contributed by atoms with Crippen LogP contribution in [-0.2, 0) is 17.3 Å². The lowest BCUT2D eigenvalue weighted by atomic mass is 9.84. The second kappa shape index (κ2) is 5.13. The van der Waals surface area contributed by atoms with Crippen LogP contribution in [0.15, 0.2) is 24.5 Å². The van der Waals surface area contributed by atoms with Crippen molar-refractivity contribution in [1.82, 2.24) is 14.9 Å². The predicted molar refractivity (Wildman–Crippen MR) is 77.3 cm³/mol. The van der Waals surface area contributed by atoms with Crippen molar-refractivity contribution in [2.75, 3.05) is 13.1 Å². The summed E-state index contributed by atoms with van der Waals surface area (Å²) in [5.41, 5.74) is 3.35. The van der Waals surface area contributed by atoms with Crippen LogP contribution in [0.2, 0.25) is 0 Å². The number of carbonyl (C=O) groups is 1. The molecule has 0 spiro atoms. The van der Waals surface area contributed by atoms with Crippen LogP contribution in [-0.4, -0.2) is 28.4 Å². The zero-order valence-corrected chi connectivity index (χ0v) is 12.0. The Morgan fingerprint density at radius 3 is 2.84 bits per heavy atom. The van der Waals surface area contributed by atoms with Crippen LogP contribution in [0.5, 0.6) is 0 Å². The lowest BCUT2D eigenvalue weighted by molar-refractivity contribution is -0.116. The van der Waals surface area contributed by atoms with E-state index in [2.05, 4.69) is 42.3 Å².